The maximum Gasteiger partial charge on any atom is 0.0364 e. The summed E-state index contributed by atoms with van der Waals surface area (Å²) in [5.41, 5.74) is 1.28. The first-order chi connectivity index (χ1) is 6.61. The number of anilines is 1. The van der Waals surface area contributed by atoms with Gasteiger partial charge in [-0.3, -0.25) is 0 Å². The summed E-state index contributed by atoms with van der Waals surface area (Å²) in [7, 11) is 6.36. The molecule has 2 heteroatoms. The van der Waals surface area contributed by atoms with E-state index in [0.29, 0.717) is 6.04 Å². The summed E-state index contributed by atoms with van der Waals surface area (Å²) in [6.07, 6.45) is 0. The average molecular weight is 192 g/mol. The lowest BCUT2D eigenvalue weighted by Crippen LogP contribution is -2.36. The molecule has 0 saturated carbocycles. The topological polar surface area (TPSA) is 6.48 Å². The van der Waals surface area contributed by atoms with Crippen LogP contribution in [0.25, 0.3) is 0 Å². The predicted molar refractivity (Wildman–Crippen MR) is 62.9 cm³/mol. The maximum atomic E-state index is 2.28. The van der Waals surface area contributed by atoms with Crippen LogP contribution in [-0.4, -0.2) is 38.6 Å². The van der Waals surface area contributed by atoms with E-state index < -0.39 is 0 Å². The van der Waals surface area contributed by atoms with E-state index in [1.165, 1.54) is 5.69 Å². The maximum absolute atomic E-state index is 2.28. The van der Waals surface area contributed by atoms with Crippen LogP contribution in [0.4, 0.5) is 5.69 Å². The van der Waals surface area contributed by atoms with E-state index in [-0.39, 0.29) is 0 Å². The van der Waals surface area contributed by atoms with Gasteiger partial charge in [0, 0.05) is 25.3 Å². The van der Waals surface area contributed by atoms with Crippen molar-refractivity contribution in [2.24, 2.45) is 0 Å². The molecule has 0 N–H and O–H groups in total. The monoisotopic (exact) mass is 192 g/mol. The number of hydrogen-bond acceptors (Lipinski definition) is 2. The average Bonchev–Trinajstić information content (AvgIpc) is 2.19. The summed E-state index contributed by atoms with van der Waals surface area (Å²) in [5.74, 6) is 0. The Labute approximate surface area is 87.1 Å². The van der Waals surface area contributed by atoms with Gasteiger partial charge in [-0.1, -0.05) is 18.2 Å². The van der Waals surface area contributed by atoms with E-state index in [9.17, 15) is 0 Å². The second kappa shape index (κ2) is 5.01. The van der Waals surface area contributed by atoms with Crippen LogP contribution >= 0.6 is 0 Å². The highest BCUT2D eigenvalue weighted by Crippen LogP contribution is 2.11. The number of rotatable bonds is 4. The van der Waals surface area contributed by atoms with Gasteiger partial charge in [0.1, 0.15) is 0 Å². The number of nitrogens with zero attached hydrogens (tertiary/aromatic N) is 2. The lowest BCUT2D eigenvalue weighted by Gasteiger charge is -2.27. The number of hydrogen-bond donors (Lipinski definition) is 0. The highest BCUT2D eigenvalue weighted by atomic mass is 15.2. The smallest absolute Gasteiger partial charge is 0.0364 e. The van der Waals surface area contributed by atoms with Gasteiger partial charge in [0.2, 0.25) is 0 Å². The molecule has 0 fully saturated rings. The Kier molecular flexibility index (Phi) is 3.96. The minimum Gasteiger partial charge on any atom is -0.373 e. The van der Waals surface area contributed by atoms with Gasteiger partial charge in [-0.05, 0) is 33.2 Å². The van der Waals surface area contributed by atoms with Crippen LogP contribution in [0.15, 0.2) is 30.3 Å². The quantitative estimate of drug-likeness (QED) is 0.720. The van der Waals surface area contributed by atoms with Gasteiger partial charge < -0.3 is 9.80 Å². The Balaban J connectivity index is 2.55. The van der Waals surface area contributed by atoms with Gasteiger partial charge in [0.25, 0.3) is 0 Å². The van der Waals surface area contributed by atoms with Crippen molar-refractivity contribution in [3.8, 4) is 0 Å². The van der Waals surface area contributed by atoms with E-state index in [1.807, 2.05) is 6.07 Å². The molecule has 0 bridgehead atoms. The molecular weight excluding hydrogens is 172 g/mol. The van der Waals surface area contributed by atoms with Crippen molar-refractivity contribution < 1.29 is 0 Å². The van der Waals surface area contributed by atoms with Gasteiger partial charge in [-0.2, -0.15) is 0 Å². The first-order valence-electron chi connectivity index (χ1n) is 5.04. The zero-order valence-corrected chi connectivity index (χ0v) is 9.57. The van der Waals surface area contributed by atoms with Crippen molar-refractivity contribution in [2.45, 2.75) is 13.0 Å². The molecule has 0 aliphatic rings. The van der Waals surface area contributed by atoms with E-state index in [0.717, 1.165) is 6.54 Å². The largest absolute Gasteiger partial charge is 0.373 e. The van der Waals surface area contributed by atoms with Crippen LogP contribution in [0.3, 0.4) is 0 Å². The number of benzene rings is 1. The van der Waals surface area contributed by atoms with Crippen LogP contribution in [0, 0.1) is 0 Å². The Morgan fingerprint density at radius 1 is 1.07 bits per heavy atom. The molecule has 14 heavy (non-hydrogen) atoms. The zero-order valence-electron chi connectivity index (χ0n) is 9.57. The molecular formula is C12H20N2. The molecule has 0 amide bonds. The second-order valence-corrected chi connectivity index (χ2v) is 4.03. The lowest BCUT2D eigenvalue weighted by molar-refractivity contribution is 0.317. The fourth-order valence-corrected chi connectivity index (χ4v) is 1.35. The van der Waals surface area contributed by atoms with Crippen molar-refractivity contribution >= 4 is 5.69 Å². The van der Waals surface area contributed by atoms with Crippen molar-refractivity contribution in [2.75, 3.05) is 32.6 Å². The third kappa shape index (κ3) is 3.04. The molecule has 2 nitrogen and oxygen atoms in total. The first-order valence-corrected chi connectivity index (χ1v) is 5.04. The fourth-order valence-electron chi connectivity index (χ4n) is 1.35. The van der Waals surface area contributed by atoms with Crippen molar-refractivity contribution in [1.29, 1.82) is 0 Å². The highest BCUT2D eigenvalue weighted by Gasteiger charge is 2.07. The second-order valence-electron chi connectivity index (χ2n) is 4.03. The van der Waals surface area contributed by atoms with Gasteiger partial charge in [0.15, 0.2) is 0 Å². The number of likely N-dealkylation sites (N-methyl/N-ethyl adjacent to an activating group) is 2. The van der Waals surface area contributed by atoms with Crippen LogP contribution in [-0.2, 0) is 0 Å². The van der Waals surface area contributed by atoms with Crippen molar-refractivity contribution in [3.05, 3.63) is 30.3 Å². The molecule has 0 radical (unpaired) electrons. The minimum absolute atomic E-state index is 0.570. The molecule has 78 valence electrons. The summed E-state index contributed by atoms with van der Waals surface area (Å²) in [4.78, 5) is 4.52. The fraction of sp³-hybridized carbons (Fsp3) is 0.500. The highest BCUT2D eigenvalue weighted by molar-refractivity contribution is 5.45. The van der Waals surface area contributed by atoms with E-state index in [4.69, 9.17) is 0 Å². The summed E-state index contributed by atoms with van der Waals surface area (Å²) in [6.45, 7) is 3.29. The standard InChI is InChI=1S/C12H20N2/c1-11(13(2)3)10-14(4)12-8-6-5-7-9-12/h5-9,11H,10H2,1-4H3. The summed E-state index contributed by atoms with van der Waals surface area (Å²) < 4.78 is 0. The SMILES string of the molecule is CC(CN(C)c1ccccc1)N(C)C. The molecule has 1 atom stereocenters. The molecule has 0 heterocycles. The molecule has 1 rings (SSSR count). The zero-order chi connectivity index (χ0) is 10.6. The van der Waals surface area contributed by atoms with Crippen LogP contribution in [0.1, 0.15) is 6.92 Å². The number of para-hydroxylation sites is 1. The molecule has 1 unspecified atom stereocenters. The Bertz CT molecular complexity index is 256. The Morgan fingerprint density at radius 3 is 2.14 bits per heavy atom. The Morgan fingerprint density at radius 2 is 1.64 bits per heavy atom. The van der Waals surface area contributed by atoms with E-state index in [2.05, 4.69) is 62.1 Å². The molecule has 0 aliphatic heterocycles. The summed E-state index contributed by atoms with van der Waals surface area (Å²) in [6, 6.07) is 11.1. The summed E-state index contributed by atoms with van der Waals surface area (Å²) >= 11 is 0. The van der Waals surface area contributed by atoms with Gasteiger partial charge in [0.05, 0.1) is 0 Å². The third-order valence-corrected chi connectivity index (χ3v) is 2.62. The Hall–Kier alpha value is -1.02. The van der Waals surface area contributed by atoms with E-state index >= 15 is 0 Å². The predicted octanol–water partition coefficient (Wildman–Crippen LogP) is 2.07. The lowest BCUT2D eigenvalue weighted by atomic mass is 10.2. The van der Waals surface area contributed by atoms with Crippen LogP contribution < -0.4 is 4.90 Å². The van der Waals surface area contributed by atoms with E-state index in [1.54, 1.807) is 0 Å². The van der Waals surface area contributed by atoms with Crippen molar-refractivity contribution in [1.82, 2.24) is 4.90 Å². The molecule has 1 aromatic rings. The normalized spacial score (nSPS) is 12.9. The molecule has 0 aromatic heterocycles. The summed E-state index contributed by atoms with van der Waals surface area (Å²) in [5, 5.41) is 0. The third-order valence-electron chi connectivity index (χ3n) is 2.62. The minimum atomic E-state index is 0.570. The van der Waals surface area contributed by atoms with Gasteiger partial charge in [-0.15, -0.1) is 0 Å². The van der Waals surface area contributed by atoms with Gasteiger partial charge in [-0.25, -0.2) is 0 Å². The van der Waals surface area contributed by atoms with Crippen LogP contribution in [0.2, 0.25) is 0 Å². The molecule has 1 aromatic carbocycles. The molecule has 0 spiro atoms. The molecule has 0 aliphatic carbocycles. The van der Waals surface area contributed by atoms with Gasteiger partial charge >= 0.3 is 0 Å². The van der Waals surface area contributed by atoms with Crippen LogP contribution in [0.5, 0.6) is 0 Å². The molecule has 0 saturated heterocycles. The van der Waals surface area contributed by atoms with Crippen molar-refractivity contribution in [3.63, 3.8) is 0 Å². The first kappa shape index (κ1) is 11.1.